The van der Waals surface area contributed by atoms with Gasteiger partial charge in [0.2, 0.25) is 23.6 Å². The highest BCUT2D eigenvalue weighted by molar-refractivity contribution is 6.14. The monoisotopic (exact) mass is 820 g/mol. The molecule has 15 nitrogen and oxygen atoms in total. The highest BCUT2D eigenvalue weighted by atomic mass is 19.1. The lowest BCUT2D eigenvalue weighted by molar-refractivity contribution is -0.144. The molecule has 0 aliphatic carbocycles. The molecule has 0 radical (unpaired) electrons. The first-order chi connectivity index (χ1) is 27.7. The summed E-state index contributed by atoms with van der Waals surface area (Å²) in [7, 11) is 0. The average molecular weight is 821 g/mol. The van der Waals surface area contributed by atoms with Crippen LogP contribution in [0.1, 0.15) is 65.3 Å². The Bertz CT molecular complexity index is 2080. The first-order valence-corrected chi connectivity index (χ1v) is 19.0. The van der Waals surface area contributed by atoms with Crippen molar-refractivity contribution in [3.05, 3.63) is 95.8 Å². The van der Waals surface area contributed by atoms with E-state index in [9.17, 15) is 48.2 Å². The summed E-state index contributed by atoms with van der Waals surface area (Å²) >= 11 is 0. The average Bonchev–Trinajstić information content (AvgIpc) is 3.72. The van der Waals surface area contributed by atoms with Crippen molar-refractivity contribution in [2.24, 2.45) is 11.3 Å². The minimum Gasteiger partial charge on any atom is -0.480 e. The summed E-state index contributed by atoms with van der Waals surface area (Å²) in [6.07, 6.45) is 3.31. The smallest absolute Gasteiger partial charge is 0.326 e. The van der Waals surface area contributed by atoms with Gasteiger partial charge in [0.25, 0.3) is 11.8 Å². The van der Waals surface area contributed by atoms with E-state index in [2.05, 4.69) is 16.0 Å². The Hall–Kier alpha value is -6.23. The first kappa shape index (κ1) is 45.5. The van der Waals surface area contributed by atoms with Gasteiger partial charge in [-0.15, -0.1) is 0 Å². The number of benzene rings is 2. The molecule has 59 heavy (non-hydrogen) atoms. The number of aliphatic hydroxyl groups excluding tert-OH is 1. The number of aromatic nitrogens is 1. The number of hydrogen-bond acceptors (Lipinski definition) is 8. The van der Waals surface area contributed by atoms with Gasteiger partial charge in [-0.2, -0.15) is 0 Å². The zero-order valence-electron chi connectivity index (χ0n) is 33.7. The molecule has 5 N–H and O–H groups in total. The molecule has 0 saturated heterocycles. The summed E-state index contributed by atoms with van der Waals surface area (Å²) in [5.74, 6) is -7.91. The summed E-state index contributed by atoms with van der Waals surface area (Å²) in [6.45, 7) is 8.41. The van der Waals surface area contributed by atoms with Crippen LogP contribution in [-0.2, 0) is 40.1 Å². The fourth-order valence-electron chi connectivity index (χ4n) is 6.78. The highest BCUT2D eigenvalue weighted by Crippen LogP contribution is 2.41. The number of amides is 6. The van der Waals surface area contributed by atoms with Crippen LogP contribution < -0.4 is 16.0 Å². The Morgan fingerprint density at radius 3 is 2.08 bits per heavy atom. The number of carbonyl (C=O) groups excluding carboxylic acids is 6. The Labute approximate surface area is 340 Å². The van der Waals surface area contributed by atoms with Gasteiger partial charge in [-0.05, 0) is 54.5 Å². The zero-order valence-corrected chi connectivity index (χ0v) is 33.7. The van der Waals surface area contributed by atoms with E-state index < -0.39 is 102 Å². The molecule has 2 heterocycles. The number of carbonyl (C=O) groups is 7. The second kappa shape index (κ2) is 19.5. The second-order valence-corrected chi connectivity index (χ2v) is 15.7. The van der Waals surface area contributed by atoms with Crippen LogP contribution in [0.5, 0.6) is 0 Å². The largest absolute Gasteiger partial charge is 0.480 e. The van der Waals surface area contributed by atoms with Crippen molar-refractivity contribution >= 4 is 41.4 Å². The SMILES string of the molecule is CC(C)[C@H](NC(=O)CN1C(=O)C=CC1=O)C(=O)N[C@@H](C)C(=O)N[C@@H](CCN(C(=O)CO)[C@@H](c1cc(-c2cc(F)ccc2F)cn1Cc1ccccc1)C(C)(C)C)C(=O)O. The summed E-state index contributed by atoms with van der Waals surface area (Å²) in [5.41, 5.74) is 0.840. The Morgan fingerprint density at radius 2 is 1.51 bits per heavy atom. The molecule has 0 spiro atoms. The predicted octanol–water partition coefficient (Wildman–Crippen LogP) is 2.92. The molecule has 0 unspecified atom stereocenters. The number of hydrogen-bond donors (Lipinski definition) is 5. The molecule has 0 fully saturated rings. The van der Waals surface area contributed by atoms with Gasteiger partial charge < -0.3 is 35.6 Å². The molecule has 0 bridgehead atoms. The number of nitrogens with one attached hydrogen (secondary N) is 3. The lowest BCUT2D eigenvalue weighted by Gasteiger charge is -2.41. The van der Waals surface area contributed by atoms with E-state index in [4.69, 9.17) is 0 Å². The third kappa shape index (κ3) is 11.7. The van der Waals surface area contributed by atoms with Crippen molar-refractivity contribution < 1.29 is 52.6 Å². The number of aliphatic carboxylic acids is 1. The van der Waals surface area contributed by atoms with Crippen molar-refractivity contribution in [3.8, 4) is 11.1 Å². The molecule has 4 atom stereocenters. The maximum atomic E-state index is 15.1. The molecule has 6 amide bonds. The maximum Gasteiger partial charge on any atom is 0.326 e. The molecule has 1 aliphatic heterocycles. The number of carboxylic acid groups (broad SMARTS) is 1. The van der Waals surface area contributed by atoms with Crippen LogP contribution in [0.4, 0.5) is 8.78 Å². The summed E-state index contributed by atoms with van der Waals surface area (Å²) in [4.78, 5) is 91.0. The fourth-order valence-corrected chi connectivity index (χ4v) is 6.78. The van der Waals surface area contributed by atoms with E-state index in [-0.39, 0.29) is 25.1 Å². The quantitative estimate of drug-likeness (QED) is 0.120. The van der Waals surface area contributed by atoms with Crippen LogP contribution in [-0.4, -0.2) is 104 Å². The highest BCUT2D eigenvalue weighted by Gasteiger charge is 2.38. The molecule has 2 aromatic carbocycles. The number of nitrogens with zero attached hydrogens (tertiary/aromatic N) is 3. The van der Waals surface area contributed by atoms with Gasteiger partial charge in [0, 0.05) is 48.3 Å². The molecule has 0 saturated carbocycles. The topological polar surface area (TPSA) is 207 Å². The first-order valence-electron chi connectivity index (χ1n) is 19.0. The lowest BCUT2D eigenvalue weighted by atomic mass is 9.82. The summed E-state index contributed by atoms with van der Waals surface area (Å²) < 4.78 is 31.3. The minimum atomic E-state index is -1.59. The van der Waals surface area contributed by atoms with Gasteiger partial charge in [-0.1, -0.05) is 65.0 Å². The normalized spacial score (nSPS) is 14.8. The third-order valence-electron chi connectivity index (χ3n) is 9.73. The van der Waals surface area contributed by atoms with E-state index in [1.807, 2.05) is 51.1 Å². The molecule has 17 heteroatoms. The van der Waals surface area contributed by atoms with Gasteiger partial charge in [-0.25, -0.2) is 13.6 Å². The number of carboxylic acids is 1. The van der Waals surface area contributed by atoms with Crippen LogP contribution in [0.2, 0.25) is 0 Å². The van der Waals surface area contributed by atoms with Crippen LogP contribution in [0.25, 0.3) is 11.1 Å². The molecule has 4 rings (SSSR count). The van der Waals surface area contributed by atoms with Gasteiger partial charge in [0.05, 0.1) is 6.04 Å². The Balaban J connectivity index is 1.56. The van der Waals surface area contributed by atoms with E-state index in [1.165, 1.54) is 11.8 Å². The van der Waals surface area contributed by atoms with E-state index in [0.717, 1.165) is 35.9 Å². The van der Waals surface area contributed by atoms with Crippen LogP contribution in [0.15, 0.2) is 72.9 Å². The van der Waals surface area contributed by atoms with Crippen LogP contribution in [0.3, 0.4) is 0 Å². The molecule has 3 aromatic rings. The van der Waals surface area contributed by atoms with Gasteiger partial charge in [0.15, 0.2) is 0 Å². The Kier molecular flexibility index (Phi) is 15.0. The molecule has 1 aliphatic rings. The summed E-state index contributed by atoms with van der Waals surface area (Å²) in [5, 5.41) is 27.6. The summed E-state index contributed by atoms with van der Waals surface area (Å²) in [6, 6.07) is 8.99. The van der Waals surface area contributed by atoms with E-state index >= 15 is 4.39 Å². The number of aliphatic hydroxyl groups is 1. The van der Waals surface area contributed by atoms with Crippen molar-refractivity contribution in [2.45, 2.75) is 78.7 Å². The second-order valence-electron chi connectivity index (χ2n) is 15.7. The molecular formula is C42H50F2N6O9. The maximum absolute atomic E-state index is 15.1. The Morgan fingerprint density at radius 1 is 0.864 bits per heavy atom. The molecular weight excluding hydrogens is 770 g/mol. The minimum absolute atomic E-state index is 0.0182. The number of halogens is 2. The zero-order chi connectivity index (χ0) is 43.8. The van der Waals surface area contributed by atoms with Crippen molar-refractivity contribution in [1.82, 2.24) is 30.3 Å². The lowest BCUT2D eigenvalue weighted by Crippen LogP contribution is -2.57. The van der Waals surface area contributed by atoms with Crippen molar-refractivity contribution in [2.75, 3.05) is 19.7 Å². The van der Waals surface area contributed by atoms with E-state index in [1.54, 1.807) is 30.7 Å². The van der Waals surface area contributed by atoms with Crippen molar-refractivity contribution in [1.29, 1.82) is 0 Å². The van der Waals surface area contributed by atoms with Gasteiger partial charge >= 0.3 is 5.97 Å². The third-order valence-corrected chi connectivity index (χ3v) is 9.73. The standard InChI is InChI=1S/C42H50F2N6O9/c1-24(2)37(47-33(52)22-50-34(53)14-15-35(50)54)40(57)45-25(3)39(56)46-31(41(58)59)16-17-49(36(55)23-51)38(42(4,5)6)32-18-27(29-19-28(43)12-13-30(29)44)21-48(32)20-26-10-8-7-9-11-26/h7-15,18-19,21,24-25,31,37-38,51H,16-17,20,22-23H2,1-6H3,(H,45,57)(H,46,56)(H,47,52)(H,58,59)/t25-,31-,37-,38-/m0/s1. The predicted molar refractivity (Wildman–Crippen MR) is 211 cm³/mol. The van der Waals surface area contributed by atoms with E-state index in [0.29, 0.717) is 16.2 Å². The van der Waals surface area contributed by atoms with Gasteiger partial charge in [-0.3, -0.25) is 33.7 Å². The number of rotatable bonds is 18. The molecule has 1 aromatic heterocycles. The number of imide groups is 1. The van der Waals surface area contributed by atoms with Crippen LogP contribution >= 0.6 is 0 Å². The fraction of sp³-hybridized carbons (Fsp3) is 0.405. The van der Waals surface area contributed by atoms with Gasteiger partial charge in [0.1, 0.15) is 42.9 Å². The van der Waals surface area contributed by atoms with Crippen LogP contribution in [0, 0.1) is 23.0 Å². The molecule has 316 valence electrons. The van der Waals surface area contributed by atoms with Crippen molar-refractivity contribution in [3.63, 3.8) is 0 Å².